The fraction of sp³-hybridized carbons (Fsp3) is 0.400. The number of aliphatic hydroxyl groups is 1. The Morgan fingerprint density at radius 2 is 2.10 bits per heavy atom. The maximum absolute atomic E-state index is 13.7. The van der Waals surface area contributed by atoms with E-state index in [1.165, 1.54) is 29.5 Å². The normalized spacial score (nSPS) is 13.5. The van der Waals surface area contributed by atoms with Crippen LogP contribution in [-0.4, -0.2) is 10.1 Å². The molecule has 0 bridgehead atoms. The van der Waals surface area contributed by atoms with Crippen LogP contribution in [0.3, 0.4) is 0 Å². The first-order valence-corrected chi connectivity index (χ1v) is 7.61. The second-order valence-electron chi connectivity index (χ2n) is 5.78. The number of aliphatic hydroxyl groups excluding tert-OH is 1. The van der Waals surface area contributed by atoms with Crippen molar-refractivity contribution in [2.24, 2.45) is 0 Å². The van der Waals surface area contributed by atoms with Crippen LogP contribution in [0.5, 0.6) is 0 Å². The topological polar surface area (TPSA) is 33.1 Å². The zero-order valence-electron chi connectivity index (χ0n) is 11.7. The summed E-state index contributed by atoms with van der Waals surface area (Å²) in [6, 6.07) is 4.34. The number of rotatable bonds is 3. The Kier molecular flexibility index (Phi) is 4.47. The molecule has 0 aliphatic carbocycles. The Hall–Kier alpha value is -0.970. The molecule has 0 spiro atoms. The van der Waals surface area contributed by atoms with Gasteiger partial charge in [-0.05, 0) is 23.8 Å². The number of benzene rings is 1. The van der Waals surface area contributed by atoms with Crippen LogP contribution in [0.1, 0.15) is 43.1 Å². The molecule has 2 rings (SSSR count). The van der Waals surface area contributed by atoms with Crippen molar-refractivity contribution in [1.82, 2.24) is 4.98 Å². The lowest BCUT2D eigenvalue weighted by Crippen LogP contribution is -2.11. The second kappa shape index (κ2) is 5.80. The van der Waals surface area contributed by atoms with Crippen LogP contribution < -0.4 is 0 Å². The highest BCUT2D eigenvalue weighted by Crippen LogP contribution is 2.29. The minimum Gasteiger partial charge on any atom is -0.386 e. The summed E-state index contributed by atoms with van der Waals surface area (Å²) < 4.78 is 13.7. The van der Waals surface area contributed by atoms with Crippen LogP contribution in [0.15, 0.2) is 23.6 Å². The molecule has 0 amide bonds. The maximum Gasteiger partial charge on any atom is 0.126 e. The van der Waals surface area contributed by atoms with Gasteiger partial charge in [-0.3, -0.25) is 0 Å². The summed E-state index contributed by atoms with van der Waals surface area (Å²) in [5.41, 5.74) is 0.929. The molecular formula is C15H17ClFNOS. The molecule has 1 aromatic heterocycles. The van der Waals surface area contributed by atoms with Crippen molar-refractivity contribution in [1.29, 1.82) is 0 Å². The third kappa shape index (κ3) is 3.57. The van der Waals surface area contributed by atoms with Crippen LogP contribution in [0, 0.1) is 5.82 Å². The molecule has 0 aliphatic rings. The van der Waals surface area contributed by atoms with E-state index in [1.54, 1.807) is 0 Å². The summed E-state index contributed by atoms with van der Waals surface area (Å²) in [4.78, 5) is 4.44. The molecule has 1 N–H and O–H groups in total. The van der Waals surface area contributed by atoms with Crippen LogP contribution in [0.2, 0.25) is 5.02 Å². The van der Waals surface area contributed by atoms with E-state index in [9.17, 15) is 9.50 Å². The van der Waals surface area contributed by atoms with Gasteiger partial charge in [-0.2, -0.15) is 0 Å². The molecule has 1 unspecified atom stereocenters. The Morgan fingerprint density at radius 1 is 1.40 bits per heavy atom. The van der Waals surface area contributed by atoms with Crippen molar-refractivity contribution in [2.45, 2.75) is 38.7 Å². The molecule has 2 aromatic rings. The lowest BCUT2D eigenvalue weighted by Gasteiger charge is -2.14. The van der Waals surface area contributed by atoms with E-state index >= 15 is 0 Å². The summed E-state index contributed by atoms with van der Waals surface area (Å²) in [5, 5.41) is 13.4. The average molecular weight is 314 g/mol. The molecule has 0 saturated heterocycles. The Balaban J connectivity index is 2.18. The zero-order chi connectivity index (χ0) is 14.9. The highest BCUT2D eigenvalue weighted by Gasteiger charge is 2.21. The Bertz CT molecular complexity index is 606. The van der Waals surface area contributed by atoms with Crippen LogP contribution in [0.4, 0.5) is 4.39 Å². The van der Waals surface area contributed by atoms with Gasteiger partial charge in [0.1, 0.15) is 11.9 Å². The number of halogens is 2. The van der Waals surface area contributed by atoms with Gasteiger partial charge in [0.2, 0.25) is 0 Å². The summed E-state index contributed by atoms with van der Waals surface area (Å²) in [7, 11) is 0. The third-order valence-electron chi connectivity index (χ3n) is 2.93. The monoisotopic (exact) mass is 313 g/mol. The smallest absolute Gasteiger partial charge is 0.126 e. The van der Waals surface area contributed by atoms with Gasteiger partial charge in [-0.1, -0.05) is 32.4 Å². The summed E-state index contributed by atoms with van der Waals surface area (Å²) in [5.74, 6) is -0.361. The maximum atomic E-state index is 13.7. The molecule has 0 fully saturated rings. The summed E-state index contributed by atoms with van der Waals surface area (Å²) >= 11 is 7.36. The average Bonchev–Trinajstić information content (AvgIpc) is 2.83. The summed E-state index contributed by atoms with van der Waals surface area (Å²) in [6.07, 6.45) is -0.657. The number of thiazole rings is 1. The fourth-order valence-corrected chi connectivity index (χ4v) is 2.94. The van der Waals surface area contributed by atoms with Crippen molar-refractivity contribution < 1.29 is 9.50 Å². The van der Waals surface area contributed by atoms with Gasteiger partial charge in [0.25, 0.3) is 0 Å². The Labute approximate surface area is 127 Å². The van der Waals surface area contributed by atoms with E-state index in [-0.39, 0.29) is 17.7 Å². The van der Waals surface area contributed by atoms with Crippen molar-refractivity contribution in [2.75, 3.05) is 0 Å². The van der Waals surface area contributed by atoms with E-state index < -0.39 is 6.10 Å². The standard InChI is InChI=1S/C15H17ClFNOS/c1-15(2,3)14-18-12(8-20-14)13(19)7-9-6-10(16)4-5-11(9)17/h4-6,8,13,19H,7H2,1-3H3. The van der Waals surface area contributed by atoms with Crippen LogP contribution >= 0.6 is 22.9 Å². The molecule has 0 aliphatic heterocycles. The molecular weight excluding hydrogens is 297 g/mol. The predicted octanol–water partition coefficient (Wildman–Crippen LogP) is 4.51. The number of hydrogen-bond donors (Lipinski definition) is 1. The van der Waals surface area contributed by atoms with E-state index in [4.69, 9.17) is 11.6 Å². The lowest BCUT2D eigenvalue weighted by molar-refractivity contribution is 0.172. The Morgan fingerprint density at radius 3 is 2.70 bits per heavy atom. The minimum atomic E-state index is -0.824. The number of hydrogen-bond acceptors (Lipinski definition) is 3. The molecule has 20 heavy (non-hydrogen) atoms. The lowest BCUT2D eigenvalue weighted by atomic mass is 9.98. The van der Waals surface area contributed by atoms with Crippen molar-refractivity contribution in [3.8, 4) is 0 Å². The van der Waals surface area contributed by atoms with Gasteiger partial charge in [-0.15, -0.1) is 11.3 Å². The van der Waals surface area contributed by atoms with E-state index in [2.05, 4.69) is 25.8 Å². The quantitative estimate of drug-likeness (QED) is 0.904. The van der Waals surface area contributed by atoms with E-state index in [1.807, 2.05) is 5.38 Å². The zero-order valence-corrected chi connectivity index (χ0v) is 13.2. The highest BCUT2D eigenvalue weighted by atomic mass is 35.5. The molecule has 1 aromatic carbocycles. The van der Waals surface area contributed by atoms with Crippen molar-refractivity contribution in [3.63, 3.8) is 0 Å². The SMILES string of the molecule is CC(C)(C)c1nc(C(O)Cc2cc(Cl)ccc2F)cs1. The largest absolute Gasteiger partial charge is 0.386 e. The van der Waals surface area contributed by atoms with Crippen LogP contribution in [0.25, 0.3) is 0 Å². The molecule has 2 nitrogen and oxygen atoms in total. The third-order valence-corrected chi connectivity index (χ3v) is 4.45. The molecule has 5 heteroatoms. The molecule has 1 atom stereocenters. The first-order valence-electron chi connectivity index (χ1n) is 6.35. The van der Waals surface area contributed by atoms with E-state index in [0.717, 1.165) is 5.01 Å². The van der Waals surface area contributed by atoms with Crippen molar-refractivity contribution >= 4 is 22.9 Å². The summed E-state index contributed by atoms with van der Waals surface area (Å²) in [6.45, 7) is 6.20. The van der Waals surface area contributed by atoms with Gasteiger partial charge < -0.3 is 5.11 Å². The van der Waals surface area contributed by atoms with Gasteiger partial charge in [0.15, 0.2) is 0 Å². The van der Waals surface area contributed by atoms with Gasteiger partial charge in [0.05, 0.1) is 10.7 Å². The van der Waals surface area contributed by atoms with Gasteiger partial charge in [-0.25, -0.2) is 9.37 Å². The van der Waals surface area contributed by atoms with E-state index in [0.29, 0.717) is 16.3 Å². The molecule has 108 valence electrons. The molecule has 0 radical (unpaired) electrons. The fourth-order valence-electron chi connectivity index (χ4n) is 1.80. The van der Waals surface area contributed by atoms with Crippen LogP contribution in [-0.2, 0) is 11.8 Å². The number of aromatic nitrogens is 1. The van der Waals surface area contributed by atoms with Crippen molar-refractivity contribution in [3.05, 3.63) is 50.7 Å². The number of nitrogens with zero attached hydrogens (tertiary/aromatic N) is 1. The highest BCUT2D eigenvalue weighted by molar-refractivity contribution is 7.09. The minimum absolute atomic E-state index is 0.0516. The predicted molar refractivity (Wildman–Crippen MR) is 80.9 cm³/mol. The molecule has 1 heterocycles. The first-order chi connectivity index (χ1) is 9.27. The van der Waals surface area contributed by atoms with Gasteiger partial charge >= 0.3 is 0 Å². The van der Waals surface area contributed by atoms with Gasteiger partial charge in [0, 0.05) is 22.2 Å². The molecule has 0 saturated carbocycles. The first kappa shape index (κ1) is 15.4. The second-order valence-corrected chi connectivity index (χ2v) is 7.08.